The summed E-state index contributed by atoms with van der Waals surface area (Å²) in [5, 5.41) is 0.617. The SMILES string of the molecule is Cc1ccc(C)c(C(=O)c2ccc(I)c(Cl)c2)c1. The number of halogens is 2. The quantitative estimate of drug-likeness (QED) is 0.548. The fourth-order valence-corrected chi connectivity index (χ4v) is 2.29. The van der Waals surface area contributed by atoms with E-state index >= 15 is 0 Å². The summed E-state index contributed by atoms with van der Waals surface area (Å²) < 4.78 is 0.951. The smallest absolute Gasteiger partial charge is 0.193 e. The van der Waals surface area contributed by atoms with Gasteiger partial charge in [-0.1, -0.05) is 29.3 Å². The molecule has 2 aromatic rings. The average Bonchev–Trinajstić information content (AvgIpc) is 2.35. The summed E-state index contributed by atoms with van der Waals surface area (Å²) in [4.78, 5) is 12.4. The van der Waals surface area contributed by atoms with Crippen LogP contribution in [-0.2, 0) is 0 Å². The van der Waals surface area contributed by atoms with Gasteiger partial charge in [-0.3, -0.25) is 4.79 Å². The molecule has 1 nitrogen and oxygen atoms in total. The second-order valence-electron chi connectivity index (χ2n) is 4.28. The minimum Gasteiger partial charge on any atom is -0.289 e. The number of benzene rings is 2. The van der Waals surface area contributed by atoms with Crippen LogP contribution >= 0.6 is 34.2 Å². The zero-order valence-electron chi connectivity index (χ0n) is 10.1. The predicted molar refractivity (Wildman–Crippen MR) is 83.5 cm³/mol. The van der Waals surface area contributed by atoms with E-state index in [-0.39, 0.29) is 5.78 Å². The minimum atomic E-state index is 0.0227. The monoisotopic (exact) mass is 370 g/mol. The van der Waals surface area contributed by atoms with E-state index in [2.05, 4.69) is 22.6 Å². The van der Waals surface area contributed by atoms with E-state index in [1.165, 1.54) is 0 Å². The normalized spacial score (nSPS) is 10.4. The summed E-state index contributed by atoms with van der Waals surface area (Å²) in [5.74, 6) is 0.0227. The Morgan fingerprint density at radius 3 is 2.50 bits per heavy atom. The Hall–Kier alpha value is -0.870. The Bertz CT molecular complexity index is 620. The van der Waals surface area contributed by atoms with Crippen LogP contribution in [-0.4, -0.2) is 5.78 Å². The van der Waals surface area contributed by atoms with Gasteiger partial charge < -0.3 is 0 Å². The van der Waals surface area contributed by atoms with Crippen molar-refractivity contribution >= 4 is 40.0 Å². The molecular weight excluding hydrogens is 359 g/mol. The molecule has 0 unspecified atom stereocenters. The van der Waals surface area contributed by atoms with Gasteiger partial charge in [0.2, 0.25) is 0 Å². The van der Waals surface area contributed by atoms with Crippen molar-refractivity contribution in [2.45, 2.75) is 13.8 Å². The van der Waals surface area contributed by atoms with Gasteiger partial charge in [-0.2, -0.15) is 0 Å². The second kappa shape index (κ2) is 5.41. The number of carbonyl (C=O) groups excluding carboxylic acids is 1. The van der Waals surface area contributed by atoms with Crippen molar-refractivity contribution in [3.63, 3.8) is 0 Å². The van der Waals surface area contributed by atoms with E-state index in [4.69, 9.17) is 11.6 Å². The maximum atomic E-state index is 12.4. The van der Waals surface area contributed by atoms with Gasteiger partial charge in [0.25, 0.3) is 0 Å². The lowest BCUT2D eigenvalue weighted by atomic mass is 9.97. The molecule has 2 rings (SSSR count). The van der Waals surface area contributed by atoms with E-state index < -0.39 is 0 Å². The summed E-state index contributed by atoms with van der Waals surface area (Å²) in [6.07, 6.45) is 0. The molecule has 2 aromatic carbocycles. The first-order chi connectivity index (χ1) is 8.49. The molecule has 0 fully saturated rings. The van der Waals surface area contributed by atoms with Crippen molar-refractivity contribution in [2.24, 2.45) is 0 Å². The topological polar surface area (TPSA) is 17.1 Å². The lowest BCUT2D eigenvalue weighted by Gasteiger charge is -2.07. The highest BCUT2D eigenvalue weighted by Crippen LogP contribution is 2.22. The highest BCUT2D eigenvalue weighted by atomic mass is 127. The highest BCUT2D eigenvalue weighted by molar-refractivity contribution is 14.1. The third kappa shape index (κ3) is 2.75. The van der Waals surface area contributed by atoms with Crippen LogP contribution in [0, 0.1) is 17.4 Å². The highest BCUT2D eigenvalue weighted by Gasteiger charge is 2.13. The molecule has 0 spiro atoms. The zero-order valence-corrected chi connectivity index (χ0v) is 13.0. The second-order valence-corrected chi connectivity index (χ2v) is 5.85. The fraction of sp³-hybridized carbons (Fsp3) is 0.133. The molecule has 0 aliphatic rings. The molecule has 0 bridgehead atoms. The van der Waals surface area contributed by atoms with Crippen LogP contribution in [0.5, 0.6) is 0 Å². The molecule has 0 saturated heterocycles. The van der Waals surface area contributed by atoms with Crippen molar-refractivity contribution in [1.29, 1.82) is 0 Å². The van der Waals surface area contributed by atoms with Gasteiger partial charge >= 0.3 is 0 Å². The Morgan fingerprint density at radius 2 is 1.83 bits per heavy atom. The maximum absolute atomic E-state index is 12.4. The van der Waals surface area contributed by atoms with Crippen LogP contribution in [0.2, 0.25) is 5.02 Å². The third-order valence-corrected chi connectivity index (χ3v) is 4.39. The van der Waals surface area contributed by atoms with Crippen molar-refractivity contribution in [1.82, 2.24) is 0 Å². The van der Waals surface area contributed by atoms with Crippen LogP contribution in [0.1, 0.15) is 27.0 Å². The Kier molecular flexibility index (Phi) is 4.07. The van der Waals surface area contributed by atoms with Gasteiger partial charge in [0.1, 0.15) is 0 Å². The van der Waals surface area contributed by atoms with Crippen LogP contribution < -0.4 is 0 Å². The molecule has 0 aliphatic carbocycles. The summed E-state index contributed by atoms with van der Waals surface area (Å²) in [6, 6.07) is 11.3. The van der Waals surface area contributed by atoms with E-state index in [0.717, 1.165) is 20.3 Å². The van der Waals surface area contributed by atoms with Crippen LogP contribution in [0.4, 0.5) is 0 Å². The van der Waals surface area contributed by atoms with E-state index in [1.807, 2.05) is 44.2 Å². The first kappa shape index (κ1) is 13.6. The van der Waals surface area contributed by atoms with Crippen molar-refractivity contribution in [2.75, 3.05) is 0 Å². The van der Waals surface area contributed by atoms with E-state index in [0.29, 0.717) is 10.6 Å². The lowest BCUT2D eigenvalue weighted by molar-refractivity contribution is 0.103. The number of ketones is 1. The third-order valence-electron chi connectivity index (χ3n) is 2.82. The fourth-order valence-electron chi connectivity index (χ4n) is 1.77. The lowest BCUT2D eigenvalue weighted by Crippen LogP contribution is -2.04. The molecule has 0 N–H and O–H groups in total. The molecule has 92 valence electrons. The van der Waals surface area contributed by atoms with Crippen LogP contribution in [0.3, 0.4) is 0 Å². The molecule has 0 radical (unpaired) electrons. The van der Waals surface area contributed by atoms with Crippen molar-refractivity contribution in [3.8, 4) is 0 Å². The molecule has 0 atom stereocenters. The van der Waals surface area contributed by atoms with Gasteiger partial charge in [-0.15, -0.1) is 0 Å². The van der Waals surface area contributed by atoms with Gasteiger partial charge in [-0.05, 0) is 66.3 Å². The molecule has 0 aromatic heterocycles. The average molecular weight is 371 g/mol. The molecule has 0 amide bonds. The number of rotatable bonds is 2. The first-order valence-electron chi connectivity index (χ1n) is 5.56. The van der Waals surface area contributed by atoms with Gasteiger partial charge in [0.05, 0.1) is 5.02 Å². The number of hydrogen-bond donors (Lipinski definition) is 0. The maximum Gasteiger partial charge on any atom is 0.193 e. The van der Waals surface area contributed by atoms with Gasteiger partial charge in [0.15, 0.2) is 5.78 Å². The van der Waals surface area contributed by atoms with Gasteiger partial charge in [0, 0.05) is 14.7 Å². The molecule has 0 aliphatic heterocycles. The van der Waals surface area contributed by atoms with Crippen LogP contribution in [0.15, 0.2) is 36.4 Å². The standard InChI is InChI=1S/C15H12ClIO/c1-9-3-4-10(2)12(7-9)15(18)11-5-6-14(17)13(16)8-11/h3-8H,1-2H3. The molecule has 18 heavy (non-hydrogen) atoms. The Labute approximate surface area is 125 Å². The summed E-state index contributed by atoms with van der Waals surface area (Å²) in [7, 11) is 0. The summed E-state index contributed by atoms with van der Waals surface area (Å²) >= 11 is 8.20. The summed E-state index contributed by atoms with van der Waals surface area (Å²) in [5.41, 5.74) is 3.45. The Balaban J connectivity index is 2.47. The Morgan fingerprint density at radius 1 is 1.11 bits per heavy atom. The molecule has 0 saturated carbocycles. The van der Waals surface area contributed by atoms with E-state index in [9.17, 15) is 4.79 Å². The van der Waals surface area contributed by atoms with Crippen molar-refractivity contribution in [3.05, 3.63) is 67.2 Å². The molecular formula is C15H12ClIO. The predicted octanol–water partition coefficient (Wildman–Crippen LogP) is 4.79. The molecule has 3 heteroatoms. The van der Waals surface area contributed by atoms with Gasteiger partial charge in [-0.25, -0.2) is 0 Å². The number of aryl methyl sites for hydroxylation is 2. The molecule has 0 heterocycles. The number of hydrogen-bond acceptors (Lipinski definition) is 1. The summed E-state index contributed by atoms with van der Waals surface area (Å²) in [6.45, 7) is 3.93. The number of carbonyl (C=O) groups is 1. The zero-order chi connectivity index (χ0) is 13.3. The van der Waals surface area contributed by atoms with E-state index in [1.54, 1.807) is 6.07 Å². The van der Waals surface area contributed by atoms with Crippen molar-refractivity contribution < 1.29 is 4.79 Å². The minimum absolute atomic E-state index is 0.0227. The first-order valence-corrected chi connectivity index (χ1v) is 7.01. The van der Waals surface area contributed by atoms with Crippen LogP contribution in [0.25, 0.3) is 0 Å². The largest absolute Gasteiger partial charge is 0.289 e.